The van der Waals surface area contributed by atoms with E-state index in [1.807, 2.05) is 11.0 Å². The fourth-order valence-electron chi connectivity index (χ4n) is 4.55. The zero-order chi connectivity index (χ0) is 20.9. The van der Waals surface area contributed by atoms with E-state index >= 15 is 0 Å². The van der Waals surface area contributed by atoms with E-state index in [0.717, 1.165) is 23.6 Å². The molecular weight excluding hydrogens is 370 g/mol. The first-order chi connectivity index (χ1) is 14.7. The number of aromatic nitrogens is 2. The molecule has 3 aromatic rings. The SMILES string of the molecule is CCCCCCCCn1c(C2CC(=O)N(c3ccc(C)cc3)C2)nc2ccccc21. The van der Waals surface area contributed by atoms with Crippen LogP contribution < -0.4 is 4.90 Å². The van der Waals surface area contributed by atoms with Crippen molar-refractivity contribution in [3.63, 3.8) is 0 Å². The third kappa shape index (κ3) is 4.43. The van der Waals surface area contributed by atoms with Gasteiger partial charge in [-0.3, -0.25) is 4.79 Å². The van der Waals surface area contributed by atoms with Crippen molar-refractivity contribution in [2.24, 2.45) is 0 Å². The second-order valence-corrected chi connectivity index (χ2v) is 8.62. The van der Waals surface area contributed by atoms with Crippen LogP contribution in [0.25, 0.3) is 11.0 Å². The average Bonchev–Trinajstić information content (AvgIpc) is 3.32. The normalized spacial score (nSPS) is 16.7. The van der Waals surface area contributed by atoms with Crippen LogP contribution in [0.3, 0.4) is 0 Å². The number of anilines is 1. The number of hydrogen-bond donors (Lipinski definition) is 0. The van der Waals surface area contributed by atoms with Crippen LogP contribution in [0.5, 0.6) is 0 Å². The topological polar surface area (TPSA) is 38.1 Å². The van der Waals surface area contributed by atoms with Gasteiger partial charge in [0.25, 0.3) is 0 Å². The van der Waals surface area contributed by atoms with Crippen LogP contribution in [0.15, 0.2) is 48.5 Å². The van der Waals surface area contributed by atoms with Crippen LogP contribution in [0.2, 0.25) is 0 Å². The maximum Gasteiger partial charge on any atom is 0.227 e. The highest BCUT2D eigenvalue weighted by molar-refractivity contribution is 5.96. The first-order valence-electron chi connectivity index (χ1n) is 11.5. The van der Waals surface area contributed by atoms with Gasteiger partial charge in [0.2, 0.25) is 5.91 Å². The zero-order valence-corrected chi connectivity index (χ0v) is 18.3. The quantitative estimate of drug-likeness (QED) is 0.397. The van der Waals surface area contributed by atoms with Gasteiger partial charge >= 0.3 is 0 Å². The number of hydrogen-bond acceptors (Lipinski definition) is 2. The Morgan fingerprint density at radius 3 is 2.50 bits per heavy atom. The number of rotatable bonds is 9. The standard InChI is InChI=1S/C26H33N3O/c1-3-4-5-6-7-10-17-28-24-12-9-8-11-23(24)27-26(28)21-18-25(30)29(19-21)22-15-13-20(2)14-16-22/h8-9,11-16,21H,3-7,10,17-19H2,1-2H3. The van der Waals surface area contributed by atoms with Crippen LogP contribution in [0.4, 0.5) is 5.69 Å². The number of benzene rings is 2. The van der Waals surface area contributed by atoms with Crippen molar-refractivity contribution in [3.05, 3.63) is 59.9 Å². The Morgan fingerprint density at radius 1 is 0.967 bits per heavy atom. The van der Waals surface area contributed by atoms with E-state index in [2.05, 4.69) is 60.9 Å². The lowest BCUT2D eigenvalue weighted by Crippen LogP contribution is -2.24. The van der Waals surface area contributed by atoms with Crippen molar-refractivity contribution in [3.8, 4) is 0 Å². The Hall–Kier alpha value is -2.62. The Balaban J connectivity index is 1.53. The molecule has 0 spiro atoms. The highest BCUT2D eigenvalue weighted by atomic mass is 16.2. The summed E-state index contributed by atoms with van der Waals surface area (Å²) in [5, 5.41) is 0. The minimum atomic E-state index is 0.145. The molecule has 1 aromatic heterocycles. The van der Waals surface area contributed by atoms with Crippen molar-refractivity contribution < 1.29 is 4.79 Å². The summed E-state index contributed by atoms with van der Waals surface area (Å²) in [6.45, 7) is 6.02. The molecule has 0 bridgehead atoms. The van der Waals surface area contributed by atoms with E-state index in [0.29, 0.717) is 13.0 Å². The fraction of sp³-hybridized carbons (Fsp3) is 0.462. The maximum absolute atomic E-state index is 12.8. The molecule has 1 unspecified atom stereocenters. The number of unbranched alkanes of at least 4 members (excludes halogenated alkanes) is 5. The Bertz CT molecular complexity index is 989. The van der Waals surface area contributed by atoms with Gasteiger partial charge in [0, 0.05) is 31.1 Å². The second-order valence-electron chi connectivity index (χ2n) is 8.62. The predicted molar refractivity (Wildman–Crippen MR) is 124 cm³/mol. The second kappa shape index (κ2) is 9.46. The fourth-order valence-corrected chi connectivity index (χ4v) is 4.55. The molecule has 1 aliphatic rings. The lowest BCUT2D eigenvalue weighted by molar-refractivity contribution is -0.117. The molecule has 0 aliphatic carbocycles. The molecule has 1 atom stereocenters. The van der Waals surface area contributed by atoms with Gasteiger partial charge in [-0.25, -0.2) is 4.98 Å². The number of aryl methyl sites for hydroxylation is 2. The van der Waals surface area contributed by atoms with E-state index in [-0.39, 0.29) is 11.8 Å². The van der Waals surface area contributed by atoms with Gasteiger partial charge in [0.05, 0.1) is 11.0 Å². The molecule has 0 radical (unpaired) electrons. The summed E-state index contributed by atoms with van der Waals surface area (Å²) in [6, 6.07) is 16.6. The molecule has 4 rings (SSSR count). The molecule has 158 valence electrons. The van der Waals surface area contributed by atoms with Gasteiger partial charge in [0.1, 0.15) is 5.82 Å². The van der Waals surface area contributed by atoms with Crippen molar-refractivity contribution in [2.75, 3.05) is 11.4 Å². The summed E-state index contributed by atoms with van der Waals surface area (Å²) in [6.07, 6.45) is 8.20. The van der Waals surface area contributed by atoms with Crippen molar-refractivity contribution in [1.82, 2.24) is 9.55 Å². The highest BCUT2D eigenvalue weighted by Crippen LogP contribution is 2.33. The molecule has 1 fully saturated rings. The van der Waals surface area contributed by atoms with Crippen LogP contribution in [0.1, 0.15) is 69.2 Å². The van der Waals surface area contributed by atoms with Crippen LogP contribution in [-0.4, -0.2) is 22.0 Å². The summed E-state index contributed by atoms with van der Waals surface area (Å²) >= 11 is 0. The van der Waals surface area contributed by atoms with Gasteiger partial charge in [-0.1, -0.05) is 68.9 Å². The van der Waals surface area contributed by atoms with Crippen LogP contribution in [-0.2, 0) is 11.3 Å². The molecule has 30 heavy (non-hydrogen) atoms. The molecule has 1 saturated heterocycles. The lowest BCUT2D eigenvalue weighted by Gasteiger charge is -2.17. The summed E-state index contributed by atoms with van der Waals surface area (Å²) in [5.74, 6) is 1.42. The van der Waals surface area contributed by atoms with Crippen molar-refractivity contribution in [2.45, 2.75) is 71.3 Å². The van der Waals surface area contributed by atoms with E-state index < -0.39 is 0 Å². The van der Waals surface area contributed by atoms with Crippen molar-refractivity contribution in [1.29, 1.82) is 0 Å². The maximum atomic E-state index is 12.8. The Morgan fingerprint density at radius 2 is 1.70 bits per heavy atom. The smallest absolute Gasteiger partial charge is 0.227 e. The molecule has 2 aromatic carbocycles. The minimum absolute atomic E-state index is 0.145. The number of nitrogens with zero attached hydrogens (tertiary/aromatic N) is 3. The monoisotopic (exact) mass is 403 g/mol. The van der Waals surface area contributed by atoms with E-state index in [9.17, 15) is 4.79 Å². The summed E-state index contributed by atoms with van der Waals surface area (Å²) in [7, 11) is 0. The molecule has 4 heteroatoms. The molecule has 0 saturated carbocycles. The molecule has 1 amide bonds. The predicted octanol–water partition coefficient (Wildman–Crippen LogP) is 6.23. The zero-order valence-electron chi connectivity index (χ0n) is 18.3. The Kier molecular flexibility index (Phi) is 6.51. The summed E-state index contributed by atoms with van der Waals surface area (Å²) in [5.41, 5.74) is 4.44. The third-order valence-electron chi connectivity index (χ3n) is 6.26. The molecule has 1 aliphatic heterocycles. The molecule has 2 heterocycles. The van der Waals surface area contributed by atoms with Gasteiger partial charge in [0.15, 0.2) is 0 Å². The highest BCUT2D eigenvalue weighted by Gasteiger charge is 2.34. The average molecular weight is 404 g/mol. The lowest BCUT2D eigenvalue weighted by atomic mass is 10.1. The van der Waals surface area contributed by atoms with E-state index in [1.54, 1.807) is 0 Å². The number of fused-ring (bicyclic) bond motifs is 1. The van der Waals surface area contributed by atoms with E-state index in [4.69, 9.17) is 4.98 Å². The Labute approximate surface area is 179 Å². The molecule has 4 nitrogen and oxygen atoms in total. The van der Waals surface area contributed by atoms with Gasteiger partial charge < -0.3 is 9.47 Å². The van der Waals surface area contributed by atoms with Gasteiger partial charge in [-0.2, -0.15) is 0 Å². The molecule has 0 N–H and O–H groups in total. The van der Waals surface area contributed by atoms with E-state index in [1.165, 1.54) is 49.6 Å². The van der Waals surface area contributed by atoms with Crippen LogP contribution >= 0.6 is 0 Å². The minimum Gasteiger partial charge on any atom is -0.328 e. The number of carbonyl (C=O) groups excluding carboxylic acids is 1. The number of carbonyl (C=O) groups is 1. The molecular formula is C26H33N3O. The van der Waals surface area contributed by atoms with Gasteiger partial charge in [-0.05, 0) is 37.6 Å². The van der Waals surface area contributed by atoms with Crippen LogP contribution in [0, 0.1) is 6.92 Å². The largest absolute Gasteiger partial charge is 0.328 e. The first-order valence-corrected chi connectivity index (χ1v) is 11.5. The number of amides is 1. The first kappa shape index (κ1) is 20.6. The summed E-state index contributed by atoms with van der Waals surface area (Å²) in [4.78, 5) is 19.7. The number of imidazole rings is 1. The van der Waals surface area contributed by atoms with Crippen molar-refractivity contribution >= 4 is 22.6 Å². The third-order valence-corrected chi connectivity index (χ3v) is 6.26. The number of para-hydroxylation sites is 2. The summed E-state index contributed by atoms with van der Waals surface area (Å²) < 4.78 is 2.38. The van der Waals surface area contributed by atoms with Gasteiger partial charge in [-0.15, -0.1) is 0 Å².